The van der Waals surface area contributed by atoms with Gasteiger partial charge in [-0.1, -0.05) is 32.6 Å². The normalized spacial score (nSPS) is 30.0. The lowest BCUT2D eigenvalue weighted by atomic mass is 9.91. The van der Waals surface area contributed by atoms with Crippen LogP contribution in [-0.2, 0) is 0 Å². The van der Waals surface area contributed by atoms with Crippen LogP contribution < -0.4 is 0 Å². The second kappa shape index (κ2) is 4.86. The molecule has 1 aliphatic rings. The van der Waals surface area contributed by atoms with E-state index in [2.05, 4.69) is 25.9 Å². The molecule has 0 aromatic heterocycles. The molecule has 0 amide bonds. The van der Waals surface area contributed by atoms with Gasteiger partial charge in [-0.3, -0.25) is 0 Å². The molecule has 0 radical (unpaired) electrons. The van der Waals surface area contributed by atoms with Gasteiger partial charge in [-0.15, -0.1) is 0 Å². The molecule has 0 N–H and O–H groups in total. The van der Waals surface area contributed by atoms with Crippen molar-refractivity contribution < 1.29 is 0 Å². The first-order valence-electron chi connectivity index (χ1n) is 5.38. The molecule has 2 unspecified atom stereocenters. The van der Waals surface area contributed by atoms with Gasteiger partial charge in [0.15, 0.2) is 0 Å². The predicted octanol–water partition coefficient (Wildman–Crippen LogP) is 2.76. The van der Waals surface area contributed by atoms with Crippen molar-refractivity contribution in [1.29, 1.82) is 0 Å². The Hall–Kier alpha value is -0.0400. The summed E-state index contributed by atoms with van der Waals surface area (Å²) in [5.41, 5.74) is 0. The first kappa shape index (κ1) is 10.0. The smallest absolute Gasteiger partial charge is 0.000621 e. The fraction of sp³-hybridized carbons (Fsp3) is 1.00. The van der Waals surface area contributed by atoms with Crippen LogP contribution >= 0.6 is 0 Å². The van der Waals surface area contributed by atoms with E-state index in [1.807, 2.05) is 0 Å². The Morgan fingerprint density at radius 1 is 1.17 bits per heavy atom. The molecule has 0 saturated heterocycles. The molecular formula is C11H23N. The van der Waals surface area contributed by atoms with E-state index >= 15 is 0 Å². The Balaban J connectivity index is 2.30. The topological polar surface area (TPSA) is 3.24 Å². The maximum absolute atomic E-state index is 2.35. The zero-order chi connectivity index (χ0) is 8.97. The zero-order valence-electron chi connectivity index (χ0n) is 8.84. The van der Waals surface area contributed by atoms with Crippen LogP contribution in [0.5, 0.6) is 0 Å². The molecule has 72 valence electrons. The molecule has 12 heavy (non-hydrogen) atoms. The zero-order valence-corrected chi connectivity index (χ0v) is 8.84. The largest absolute Gasteiger partial charge is 0.309 e. The van der Waals surface area contributed by atoms with Gasteiger partial charge in [0.05, 0.1) is 0 Å². The van der Waals surface area contributed by atoms with Crippen LogP contribution in [0.25, 0.3) is 0 Å². The van der Waals surface area contributed by atoms with Crippen LogP contribution in [0.4, 0.5) is 0 Å². The summed E-state index contributed by atoms with van der Waals surface area (Å²) in [6.07, 6.45) is 7.27. The fourth-order valence-electron chi connectivity index (χ4n) is 2.57. The lowest BCUT2D eigenvalue weighted by molar-refractivity contribution is 0.264. The highest BCUT2D eigenvalue weighted by molar-refractivity contribution is 4.78. The Labute approximate surface area is 77.1 Å². The average molecular weight is 169 g/mol. The van der Waals surface area contributed by atoms with E-state index in [9.17, 15) is 0 Å². The molecule has 1 fully saturated rings. The van der Waals surface area contributed by atoms with E-state index in [0.29, 0.717) is 0 Å². The third-order valence-corrected chi connectivity index (χ3v) is 3.08. The molecule has 1 saturated carbocycles. The van der Waals surface area contributed by atoms with Crippen molar-refractivity contribution in [3.8, 4) is 0 Å². The van der Waals surface area contributed by atoms with Gasteiger partial charge in [-0.2, -0.15) is 0 Å². The Morgan fingerprint density at radius 3 is 2.42 bits per heavy atom. The van der Waals surface area contributed by atoms with Crippen molar-refractivity contribution in [2.75, 3.05) is 20.6 Å². The second-order valence-electron chi connectivity index (χ2n) is 4.50. The van der Waals surface area contributed by atoms with Crippen molar-refractivity contribution >= 4 is 0 Å². The summed E-state index contributed by atoms with van der Waals surface area (Å²) >= 11 is 0. The molecule has 1 rings (SSSR count). The first-order valence-corrected chi connectivity index (χ1v) is 5.38. The van der Waals surface area contributed by atoms with Crippen molar-refractivity contribution in [1.82, 2.24) is 4.90 Å². The Morgan fingerprint density at radius 2 is 1.83 bits per heavy atom. The van der Waals surface area contributed by atoms with Crippen molar-refractivity contribution in [2.45, 2.75) is 39.0 Å². The van der Waals surface area contributed by atoms with E-state index in [-0.39, 0.29) is 0 Å². The molecule has 0 aliphatic heterocycles. The quantitative estimate of drug-likeness (QED) is 0.625. The molecule has 0 aromatic carbocycles. The van der Waals surface area contributed by atoms with Crippen molar-refractivity contribution in [3.05, 3.63) is 0 Å². The van der Waals surface area contributed by atoms with Crippen LogP contribution in [-0.4, -0.2) is 25.5 Å². The van der Waals surface area contributed by atoms with Gasteiger partial charge in [0.2, 0.25) is 0 Å². The standard InChI is InChI=1S/C11H23N/c1-4-6-10-7-5-8-11(10)9-12(2)3/h10-11H,4-9H2,1-3H3. The lowest BCUT2D eigenvalue weighted by Gasteiger charge is -2.22. The van der Waals surface area contributed by atoms with Crippen molar-refractivity contribution in [3.63, 3.8) is 0 Å². The van der Waals surface area contributed by atoms with Crippen molar-refractivity contribution in [2.24, 2.45) is 11.8 Å². The van der Waals surface area contributed by atoms with E-state index in [1.54, 1.807) is 0 Å². The molecule has 1 nitrogen and oxygen atoms in total. The second-order valence-corrected chi connectivity index (χ2v) is 4.50. The summed E-state index contributed by atoms with van der Waals surface area (Å²) in [5.74, 6) is 2.04. The van der Waals surface area contributed by atoms with E-state index < -0.39 is 0 Å². The summed E-state index contributed by atoms with van der Waals surface area (Å²) in [7, 11) is 4.39. The van der Waals surface area contributed by atoms with Crippen LogP contribution in [0.3, 0.4) is 0 Å². The highest BCUT2D eigenvalue weighted by atomic mass is 15.1. The minimum Gasteiger partial charge on any atom is -0.309 e. The molecule has 0 bridgehead atoms. The number of hydrogen-bond acceptors (Lipinski definition) is 1. The van der Waals surface area contributed by atoms with Crippen LogP contribution in [0, 0.1) is 11.8 Å². The van der Waals surface area contributed by atoms with Crippen LogP contribution in [0.1, 0.15) is 39.0 Å². The molecule has 0 spiro atoms. The molecule has 1 aliphatic carbocycles. The minimum absolute atomic E-state index is 1.000. The van der Waals surface area contributed by atoms with Gasteiger partial charge >= 0.3 is 0 Å². The molecule has 2 atom stereocenters. The SMILES string of the molecule is CCCC1CCCC1CN(C)C. The third-order valence-electron chi connectivity index (χ3n) is 3.08. The lowest BCUT2D eigenvalue weighted by Crippen LogP contribution is -2.24. The van der Waals surface area contributed by atoms with Gasteiger partial charge in [0.1, 0.15) is 0 Å². The maximum Gasteiger partial charge on any atom is 0.000621 e. The predicted molar refractivity (Wildman–Crippen MR) is 54.3 cm³/mol. The monoisotopic (exact) mass is 169 g/mol. The van der Waals surface area contributed by atoms with Crippen LogP contribution in [0.15, 0.2) is 0 Å². The molecule has 0 heterocycles. The maximum atomic E-state index is 2.35. The van der Waals surface area contributed by atoms with Gasteiger partial charge in [-0.25, -0.2) is 0 Å². The molecule has 0 aromatic rings. The van der Waals surface area contributed by atoms with Gasteiger partial charge in [0, 0.05) is 6.54 Å². The summed E-state index contributed by atoms with van der Waals surface area (Å²) < 4.78 is 0. The number of rotatable bonds is 4. The van der Waals surface area contributed by atoms with E-state index in [0.717, 1.165) is 11.8 Å². The van der Waals surface area contributed by atoms with Gasteiger partial charge < -0.3 is 4.90 Å². The molecular weight excluding hydrogens is 146 g/mol. The van der Waals surface area contributed by atoms with E-state index in [4.69, 9.17) is 0 Å². The third kappa shape index (κ3) is 2.78. The number of nitrogens with zero attached hydrogens (tertiary/aromatic N) is 1. The summed E-state index contributed by atoms with van der Waals surface area (Å²) in [6, 6.07) is 0. The summed E-state index contributed by atoms with van der Waals surface area (Å²) in [4.78, 5) is 2.35. The fourth-order valence-corrected chi connectivity index (χ4v) is 2.57. The average Bonchev–Trinajstić information content (AvgIpc) is 2.37. The van der Waals surface area contributed by atoms with E-state index in [1.165, 1.54) is 38.6 Å². The highest BCUT2D eigenvalue weighted by Crippen LogP contribution is 2.34. The Kier molecular flexibility index (Phi) is 4.07. The highest BCUT2D eigenvalue weighted by Gasteiger charge is 2.26. The van der Waals surface area contributed by atoms with Gasteiger partial charge in [-0.05, 0) is 32.4 Å². The summed E-state index contributed by atoms with van der Waals surface area (Å²) in [5, 5.41) is 0. The minimum atomic E-state index is 1.000. The Bertz CT molecular complexity index is 120. The summed E-state index contributed by atoms with van der Waals surface area (Å²) in [6.45, 7) is 3.62. The first-order chi connectivity index (χ1) is 5.74. The van der Waals surface area contributed by atoms with Gasteiger partial charge in [0.25, 0.3) is 0 Å². The molecule has 1 heteroatoms. The van der Waals surface area contributed by atoms with Crippen LogP contribution in [0.2, 0.25) is 0 Å². The number of hydrogen-bond donors (Lipinski definition) is 0.